The largest absolute Gasteiger partial charge is 0.312 e. The van der Waals surface area contributed by atoms with Crippen molar-refractivity contribution in [1.82, 2.24) is 10.2 Å². The monoisotopic (exact) mass is 280 g/mol. The zero-order chi connectivity index (χ0) is 14.8. The van der Waals surface area contributed by atoms with E-state index in [1.807, 2.05) is 0 Å². The van der Waals surface area contributed by atoms with E-state index in [1.54, 1.807) is 0 Å². The van der Waals surface area contributed by atoms with Crippen LogP contribution in [0.2, 0.25) is 0 Å². The molecule has 0 aromatic heterocycles. The molecule has 4 atom stereocenters. The molecule has 2 heteroatoms. The van der Waals surface area contributed by atoms with Crippen LogP contribution in [0.4, 0.5) is 0 Å². The van der Waals surface area contributed by atoms with Gasteiger partial charge in [-0.05, 0) is 69.9 Å². The molecule has 1 saturated heterocycles. The van der Waals surface area contributed by atoms with Crippen molar-refractivity contribution in [2.45, 2.75) is 91.3 Å². The average molecular weight is 280 g/mol. The molecule has 2 nitrogen and oxygen atoms in total. The van der Waals surface area contributed by atoms with Crippen molar-refractivity contribution in [3.8, 4) is 0 Å². The van der Waals surface area contributed by atoms with Crippen LogP contribution < -0.4 is 5.32 Å². The van der Waals surface area contributed by atoms with Gasteiger partial charge in [0.15, 0.2) is 0 Å². The molecule has 0 spiro atoms. The number of hydrogen-bond acceptors (Lipinski definition) is 2. The van der Waals surface area contributed by atoms with Crippen LogP contribution in [-0.4, -0.2) is 36.1 Å². The van der Waals surface area contributed by atoms with Crippen molar-refractivity contribution in [3.05, 3.63) is 0 Å². The van der Waals surface area contributed by atoms with Gasteiger partial charge in [-0.3, -0.25) is 4.90 Å². The number of rotatable bonds is 4. The zero-order valence-corrected chi connectivity index (χ0v) is 14.4. The summed E-state index contributed by atoms with van der Waals surface area (Å²) in [6.07, 6.45) is 8.16. The maximum absolute atomic E-state index is 3.85. The maximum atomic E-state index is 3.85. The molecule has 1 N–H and O–H groups in total. The first-order chi connectivity index (χ1) is 9.44. The van der Waals surface area contributed by atoms with E-state index >= 15 is 0 Å². The van der Waals surface area contributed by atoms with E-state index < -0.39 is 0 Å². The van der Waals surface area contributed by atoms with E-state index in [0.717, 1.165) is 24.0 Å². The van der Waals surface area contributed by atoms with E-state index in [9.17, 15) is 0 Å². The van der Waals surface area contributed by atoms with Gasteiger partial charge in [0.1, 0.15) is 0 Å². The normalized spacial score (nSPS) is 38.9. The molecule has 1 aliphatic heterocycles. The van der Waals surface area contributed by atoms with Crippen molar-refractivity contribution in [3.63, 3.8) is 0 Å². The highest BCUT2D eigenvalue weighted by molar-refractivity contribution is 4.97. The minimum atomic E-state index is 0.523. The van der Waals surface area contributed by atoms with E-state index in [0.29, 0.717) is 5.41 Å². The molecule has 4 unspecified atom stereocenters. The summed E-state index contributed by atoms with van der Waals surface area (Å²) in [6, 6.07) is 2.23. The molecule has 0 aromatic rings. The Kier molecular flexibility index (Phi) is 5.53. The second kappa shape index (κ2) is 6.79. The third-order valence-electron chi connectivity index (χ3n) is 5.86. The molecule has 1 saturated carbocycles. The summed E-state index contributed by atoms with van der Waals surface area (Å²) in [4.78, 5) is 2.85. The van der Waals surface area contributed by atoms with E-state index in [4.69, 9.17) is 0 Å². The highest BCUT2D eigenvalue weighted by atomic mass is 15.2. The molecule has 1 aliphatic carbocycles. The lowest BCUT2D eigenvalue weighted by Gasteiger charge is -2.51. The Balaban J connectivity index is 2.09. The summed E-state index contributed by atoms with van der Waals surface area (Å²) < 4.78 is 0. The number of piperidine rings is 1. The second-order valence-electron chi connectivity index (χ2n) is 8.13. The summed E-state index contributed by atoms with van der Waals surface area (Å²) >= 11 is 0. The highest BCUT2D eigenvalue weighted by Crippen LogP contribution is 2.40. The molecule has 20 heavy (non-hydrogen) atoms. The third-order valence-corrected chi connectivity index (χ3v) is 5.86. The maximum Gasteiger partial charge on any atom is 0.0257 e. The molecule has 0 amide bonds. The van der Waals surface area contributed by atoms with Crippen molar-refractivity contribution in [1.29, 1.82) is 0 Å². The van der Waals surface area contributed by atoms with Crippen molar-refractivity contribution in [2.75, 3.05) is 13.1 Å². The predicted octanol–water partition coefficient (Wildman–Crippen LogP) is 4.05. The van der Waals surface area contributed by atoms with Gasteiger partial charge in [-0.25, -0.2) is 0 Å². The number of nitrogens with zero attached hydrogens (tertiary/aromatic N) is 1. The Labute approximate surface area is 126 Å². The van der Waals surface area contributed by atoms with Gasteiger partial charge in [-0.2, -0.15) is 0 Å². The Morgan fingerprint density at radius 1 is 1.20 bits per heavy atom. The van der Waals surface area contributed by atoms with Crippen LogP contribution in [0.1, 0.15) is 73.1 Å². The average Bonchev–Trinajstić information content (AvgIpc) is 2.40. The molecular formula is C18H36N2. The first-order valence-electron chi connectivity index (χ1n) is 8.94. The van der Waals surface area contributed by atoms with Crippen molar-refractivity contribution >= 4 is 0 Å². The molecule has 0 aromatic carbocycles. The summed E-state index contributed by atoms with van der Waals surface area (Å²) in [5.74, 6) is 0.862. The molecule has 0 bridgehead atoms. The molecule has 0 radical (unpaired) electrons. The molecule has 2 aliphatic rings. The Morgan fingerprint density at radius 3 is 2.65 bits per heavy atom. The van der Waals surface area contributed by atoms with Gasteiger partial charge in [0.25, 0.3) is 0 Å². The third kappa shape index (κ3) is 3.76. The summed E-state index contributed by atoms with van der Waals surface area (Å²) in [5.41, 5.74) is 0.523. The highest BCUT2D eigenvalue weighted by Gasteiger charge is 2.40. The Bertz CT molecular complexity index is 300. The van der Waals surface area contributed by atoms with Crippen LogP contribution in [-0.2, 0) is 0 Å². The van der Waals surface area contributed by atoms with Crippen LogP contribution in [0.15, 0.2) is 0 Å². The number of hydrogen-bond donors (Lipinski definition) is 1. The van der Waals surface area contributed by atoms with Gasteiger partial charge < -0.3 is 5.32 Å². The topological polar surface area (TPSA) is 15.3 Å². The van der Waals surface area contributed by atoms with Gasteiger partial charge in [0, 0.05) is 18.1 Å². The molecule has 2 rings (SSSR count). The van der Waals surface area contributed by atoms with E-state index in [1.165, 1.54) is 51.6 Å². The van der Waals surface area contributed by atoms with Crippen LogP contribution >= 0.6 is 0 Å². The minimum Gasteiger partial charge on any atom is -0.312 e. The Morgan fingerprint density at radius 2 is 1.95 bits per heavy atom. The van der Waals surface area contributed by atoms with Crippen molar-refractivity contribution in [2.24, 2.45) is 11.3 Å². The first kappa shape index (κ1) is 16.3. The SMILES string of the molecule is CCCNC1CCC(C)(C)CC1N1CCCC(C)C1C. The fourth-order valence-electron chi connectivity index (χ4n) is 4.30. The van der Waals surface area contributed by atoms with E-state index in [-0.39, 0.29) is 0 Å². The standard InChI is InChI=1S/C18H36N2/c1-6-11-19-16-9-10-18(4,5)13-17(16)20-12-7-8-14(2)15(20)3/h14-17,19H,6-13H2,1-5H3. The fraction of sp³-hybridized carbons (Fsp3) is 1.00. The molecule has 118 valence electrons. The van der Waals surface area contributed by atoms with Gasteiger partial charge in [-0.1, -0.05) is 27.7 Å². The lowest BCUT2D eigenvalue weighted by molar-refractivity contribution is 0.00417. The van der Waals surface area contributed by atoms with Gasteiger partial charge in [0.05, 0.1) is 0 Å². The van der Waals surface area contributed by atoms with Crippen LogP contribution in [0.25, 0.3) is 0 Å². The molecular weight excluding hydrogens is 244 g/mol. The fourth-order valence-corrected chi connectivity index (χ4v) is 4.30. The lowest BCUT2D eigenvalue weighted by atomic mass is 9.71. The molecule has 2 fully saturated rings. The first-order valence-corrected chi connectivity index (χ1v) is 8.94. The minimum absolute atomic E-state index is 0.523. The summed E-state index contributed by atoms with van der Waals surface area (Å²) in [5, 5.41) is 3.85. The number of nitrogens with one attached hydrogen (secondary N) is 1. The smallest absolute Gasteiger partial charge is 0.0257 e. The van der Waals surface area contributed by atoms with Crippen molar-refractivity contribution < 1.29 is 0 Å². The van der Waals surface area contributed by atoms with Crippen LogP contribution in [0, 0.1) is 11.3 Å². The number of likely N-dealkylation sites (tertiary alicyclic amines) is 1. The van der Waals surface area contributed by atoms with Crippen LogP contribution in [0.5, 0.6) is 0 Å². The van der Waals surface area contributed by atoms with Crippen LogP contribution in [0.3, 0.4) is 0 Å². The summed E-state index contributed by atoms with van der Waals surface area (Å²) in [6.45, 7) is 14.6. The van der Waals surface area contributed by atoms with Gasteiger partial charge in [-0.15, -0.1) is 0 Å². The second-order valence-corrected chi connectivity index (χ2v) is 8.13. The van der Waals surface area contributed by atoms with E-state index in [2.05, 4.69) is 44.8 Å². The Hall–Kier alpha value is -0.0800. The van der Waals surface area contributed by atoms with Gasteiger partial charge in [0.2, 0.25) is 0 Å². The zero-order valence-electron chi connectivity index (χ0n) is 14.4. The quantitative estimate of drug-likeness (QED) is 0.835. The predicted molar refractivity (Wildman–Crippen MR) is 88.1 cm³/mol. The van der Waals surface area contributed by atoms with Gasteiger partial charge >= 0.3 is 0 Å². The lowest BCUT2D eigenvalue weighted by Crippen LogP contribution is -2.59. The summed E-state index contributed by atoms with van der Waals surface area (Å²) in [7, 11) is 0. The molecule has 1 heterocycles.